The Morgan fingerprint density at radius 3 is 2.57 bits per heavy atom. The molecule has 0 unspecified atom stereocenters. The molecule has 0 amide bonds. The van der Waals surface area contributed by atoms with E-state index in [4.69, 9.17) is 4.74 Å². The molecule has 1 aliphatic carbocycles. The Morgan fingerprint density at radius 1 is 1.05 bits per heavy atom. The van der Waals surface area contributed by atoms with Crippen molar-refractivity contribution in [1.29, 1.82) is 0 Å². The second-order valence-electron chi connectivity index (χ2n) is 6.64. The van der Waals surface area contributed by atoms with Crippen LogP contribution in [-0.4, -0.2) is 25.0 Å². The summed E-state index contributed by atoms with van der Waals surface area (Å²) in [6.45, 7) is 3.12. The van der Waals surface area contributed by atoms with Crippen LogP contribution >= 0.6 is 15.9 Å². The monoisotopic (exact) mass is 351 g/mol. The zero-order valence-electron chi connectivity index (χ0n) is 12.8. The summed E-state index contributed by atoms with van der Waals surface area (Å²) in [5.41, 5.74) is 1.73. The molecule has 0 saturated heterocycles. The van der Waals surface area contributed by atoms with Gasteiger partial charge >= 0.3 is 0 Å². The number of nitrogens with zero attached hydrogens (tertiary/aromatic N) is 1. The lowest BCUT2D eigenvalue weighted by Crippen LogP contribution is -2.39. The van der Waals surface area contributed by atoms with E-state index in [1.807, 2.05) is 0 Å². The van der Waals surface area contributed by atoms with Gasteiger partial charge in [-0.25, -0.2) is 0 Å². The molecular formula is C18H26BrNO. The van der Waals surface area contributed by atoms with Crippen LogP contribution in [0.1, 0.15) is 44.9 Å². The lowest BCUT2D eigenvalue weighted by Gasteiger charge is -2.37. The first-order valence-corrected chi connectivity index (χ1v) is 9.48. The van der Waals surface area contributed by atoms with Crippen LogP contribution in [0.15, 0.2) is 24.3 Å². The standard InChI is InChI=1S/C18H26BrNO/c19-14-18(10-5-1-2-6-11-18)15-20-12-7-13-21-17-9-4-3-8-16(17)20/h3-4,8-9H,1-2,5-7,10-15H2. The molecule has 0 bridgehead atoms. The number of benzene rings is 1. The average Bonchev–Trinajstić information content (AvgIpc) is 2.87. The number of para-hydroxylation sites is 2. The number of anilines is 1. The third-order valence-electron chi connectivity index (χ3n) is 5.01. The number of alkyl halides is 1. The Hall–Kier alpha value is -0.700. The minimum Gasteiger partial charge on any atom is -0.491 e. The third kappa shape index (κ3) is 3.56. The number of hydrogen-bond acceptors (Lipinski definition) is 2. The highest BCUT2D eigenvalue weighted by Crippen LogP contribution is 2.40. The average molecular weight is 352 g/mol. The summed E-state index contributed by atoms with van der Waals surface area (Å²) >= 11 is 3.83. The summed E-state index contributed by atoms with van der Waals surface area (Å²) in [6.07, 6.45) is 9.43. The van der Waals surface area contributed by atoms with Gasteiger partial charge in [0.05, 0.1) is 12.3 Å². The molecule has 1 aromatic rings. The van der Waals surface area contributed by atoms with E-state index in [0.29, 0.717) is 5.41 Å². The summed E-state index contributed by atoms with van der Waals surface area (Å²) in [7, 11) is 0. The second-order valence-corrected chi connectivity index (χ2v) is 7.20. The van der Waals surface area contributed by atoms with Crippen LogP contribution in [0.3, 0.4) is 0 Å². The molecule has 1 aromatic carbocycles. The normalized spacial score (nSPS) is 21.9. The number of rotatable bonds is 3. The number of ether oxygens (including phenoxy) is 1. The van der Waals surface area contributed by atoms with Gasteiger partial charge in [-0.1, -0.05) is 53.7 Å². The molecule has 0 radical (unpaired) electrons. The summed E-state index contributed by atoms with van der Waals surface area (Å²) in [6, 6.07) is 8.55. The fraction of sp³-hybridized carbons (Fsp3) is 0.667. The van der Waals surface area contributed by atoms with Crippen LogP contribution < -0.4 is 9.64 Å². The lowest BCUT2D eigenvalue weighted by molar-refractivity contribution is 0.289. The first-order chi connectivity index (χ1) is 10.3. The van der Waals surface area contributed by atoms with Gasteiger partial charge in [0.2, 0.25) is 0 Å². The van der Waals surface area contributed by atoms with Gasteiger partial charge in [-0.3, -0.25) is 0 Å². The zero-order chi connectivity index (χ0) is 14.5. The van der Waals surface area contributed by atoms with E-state index in [2.05, 4.69) is 45.1 Å². The Labute approximate surface area is 137 Å². The maximum atomic E-state index is 5.91. The fourth-order valence-electron chi connectivity index (χ4n) is 3.78. The zero-order valence-corrected chi connectivity index (χ0v) is 14.4. The van der Waals surface area contributed by atoms with E-state index in [-0.39, 0.29) is 0 Å². The molecule has 1 saturated carbocycles. The van der Waals surface area contributed by atoms with E-state index in [0.717, 1.165) is 30.7 Å². The molecule has 0 aromatic heterocycles. The lowest BCUT2D eigenvalue weighted by atomic mass is 9.81. The van der Waals surface area contributed by atoms with Gasteiger partial charge < -0.3 is 9.64 Å². The van der Waals surface area contributed by atoms with Crippen molar-refractivity contribution in [3.63, 3.8) is 0 Å². The number of halogens is 1. The summed E-state index contributed by atoms with van der Waals surface area (Å²) in [5, 5.41) is 1.12. The van der Waals surface area contributed by atoms with Crippen LogP contribution in [0.2, 0.25) is 0 Å². The first-order valence-electron chi connectivity index (χ1n) is 8.36. The molecule has 1 heterocycles. The maximum Gasteiger partial charge on any atom is 0.142 e. The molecular weight excluding hydrogens is 326 g/mol. The smallest absolute Gasteiger partial charge is 0.142 e. The summed E-state index contributed by atoms with van der Waals surface area (Å²) < 4.78 is 5.91. The van der Waals surface area contributed by atoms with Crippen LogP contribution in [0.5, 0.6) is 5.75 Å². The quantitative estimate of drug-likeness (QED) is 0.560. The van der Waals surface area contributed by atoms with Crippen LogP contribution in [0.25, 0.3) is 0 Å². The highest BCUT2D eigenvalue weighted by Gasteiger charge is 2.33. The molecule has 1 fully saturated rings. The van der Waals surface area contributed by atoms with Gasteiger partial charge in [0.15, 0.2) is 0 Å². The predicted molar refractivity (Wildman–Crippen MR) is 92.7 cm³/mol. The van der Waals surface area contributed by atoms with Gasteiger partial charge in [0.25, 0.3) is 0 Å². The SMILES string of the molecule is BrCC1(CN2CCCOc3ccccc32)CCCCCC1. The van der Waals surface area contributed by atoms with E-state index in [9.17, 15) is 0 Å². The van der Waals surface area contributed by atoms with Crippen molar-refractivity contribution in [2.75, 3.05) is 29.9 Å². The number of fused-ring (bicyclic) bond motifs is 1. The predicted octanol–water partition coefficient (Wildman–Crippen LogP) is 5.01. The fourth-order valence-corrected chi connectivity index (χ4v) is 4.52. The van der Waals surface area contributed by atoms with E-state index in [1.54, 1.807) is 0 Å². The van der Waals surface area contributed by atoms with Gasteiger partial charge in [0.1, 0.15) is 5.75 Å². The van der Waals surface area contributed by atoms with Gasteiger partial charge in [-0.2, -0.15) is 0 Å². The van der Waals surface area contributed by atoms with Crippen molar-refractivity contribution < 1.29 is 4.74 Å². The highest BCUT2D eigenvalue weighted by molar-refractivity contribution is 9.09. The molecule has 0 spiro atoms. The maximum absolute atomic E-state index is 5.91. The molecule has 0 N–H and O–H groups in total. The largest absolute Gasteiger partial charge is 0.491 e. The molecule has 116 valence electrons. The van der Waals surface area contributed by atoms with Gasteiger partial charge in [-0.05, 0) is 36.8 Å². The van der Waals surface area contributed by atoms with Gasteiger partial charge in [0, 0.05) is 18.4 Å². The Bertz CT molecular complexity index is 454. The number of hydrogen-bond donors (Lipinski definition) is 0. The minimum absolute atomic E-state index is 0.438. The third-order valence-corrected chi connectivity index (χ3v) is 6.20. The van der Waals surface area contributed by atoms with Crippen molar-refractivity contribution in [2.24, 2.45) is 5.41 Å². The van der Waals surface area contributed by atoms with E-state index >= 15 is 0 Å². The molecule has 3 rings (SSSR count). The van der Waals surface area contributed by atoms with Crippen molar-refractivity contribution in [3.05, 3.63) is 24.3 Å². The van der Waals surface area contributed by atoms with E-state index < -0.39 is 0 Å². The molecule has 1 aliphatic heterocycles. The molecule has 0 atom stereocenters. The molecule has 21 heavy (non-hydrogen) atoms. The second kappa shape index (κ2) is 7.04. The Morgan fingerprint density at radius 2 is 1.81 bits per heavy atom. The van der Waals surface area contributed by atoms with Crippen molar-refractivity contribution in [1.82, 2.24) is 0 Å². The molecule has 3 heteroatoms. The highest BCUT2D eigenvalue weighted by atomic mass is 79.9. The van der Waals surface area contributed by atoms with Crippen LogP contribution in [0, 0.1) is 5.41 Å². The Kier molecular flexibility index (Phi) is 5.10. The van der Waals surface area contributed by atoms with Crippen molar-refractivity contribution in [2.45, 2.75) is 44.9 Å². The first kappa shape index (κ1) is 15.2. The summed E-state index contributed by atoms with van der Waals surface area (Å²) in [4.78, 5) is 2.58. The summed E-state index contributed by atoms with van der Waals surface area (Å²) in [5.74, 6) is 1.06. The van der Waals surface area contributed by atoms with Crippen LogP contribution in [-0.2, 0) is 0 Å². The van der Waals surface area contributed by atoms with Crippen molar-refractivity contribution in [3.8, 4) is 5.75 Å². The topological polar surface area (TPSA) is 12.5 Å². The Balaban J connectivity index is 1.82. The molecule has 2 nitrogen and oxygen atoms in total. The molecule has 2 aliphatic rings. The van der Waals surface area contributed by atoms with E-state index in [1.165, 1.54) is 50.8 Å². The minimum atomic E-state index is 0.438. The van der Waals surface area contributed by atoms with Crippen LogP contribution in [0.4, 0.5) is 5.69 Å². The van der Waals surface area contributed by atoms with Gasteiger partial charge in [-0.15, -0.1) is 0 Å². The van der Waals surface area contributed by atoms with Crippen molar-refractivity contribution >= 4 is 21.6 Å².